The molecule has 0 aliphatic carbocycles. The third-order valence-corrected chi connectivity index (χ3v) is 4.42. The zero-order valence-electron chi connectivity index (χ0n) is 15.2. The van der Waals surface area contributed by atoms with E-state index in [0.717, 1.165) is 31.8 Å². The zero-order chi connectivity index (χ0) is 15.6. The molecule has 1 heterocycles. The molecule has 0 saturated carbocycles. The maximum Gasteiger partial charge on any atom is 1.00 e. The van der Waals surface area contributed by atoms with Crippen molar-refractivity contribution in [3.63, 3.8) is 0 Å². The van der Waals surface area contributed by atoms with Crippen molar-refractivity contribution in [2.75, 3.05) is 32.8 Å². The van der Waals surface area contributed by atoms with E-state index in [0.29, 0.717) is 11.0 Å². The molecule has 1 rings (SSSR count). The van der Waals surface area contributed by atoms with Crippen molar-refractivity contribution in [2.45, 2.75) is 58.3 Å². The second-order valence-electron chi connectivity index (χ2n) is 6.11. The van der Waals surface area contributed by atoms with Crippen LogP contribution in [0.4, 0.5) is 0 Å². The minimum atomic E-state index is -0.788. The fourth-order valence-corrected chi connectivity index (χ4v) is 3.24. The number of unbranched alkanes of at least 4 members (excludes halogenated alkanes) is 6. The number of aliphatic hydroxyl groups excluding tert-OH is 1. The number of aliphatic hydroxyl groups is 1. The van der Waals surface area contributed by atoms with Crippen molar-refractivity contribution in [3.8, 4) is 0 Å². The number of nitrogens with one attached hydrogen (secondary N) is 1. The Morgan fingerprint density at radius 3 is 2.25 bits per heavy atom. The number of amidine groups is 1. The summed E-state index contributed by atoms with van der Waals surface area (Å²) >= 11 is 0. The molecule has 0 amide bonds. The van der Waals surface area contributed by atoms with Gasteiger partial charge in [0.05, 0.1) is 13.0 Å². The molecular formula is C16H32Cl2N2NaO3+. The number of rotatable bonds is 12. The van der Waals surface area contributed by atoms with Gasteiger partial charge in [0, 0.05) is 0 Å². The van der Waals surface area contributed by atoms with Crippen LogP contribution in [0.2, 0.25) is 0 Å². The van der Waals surface area contributed by atoms with Gasteiger partial charge in [-0.05, 0) is 6.42 Å². The number of quaternary nitrogens is 1. The largest absolute Gasteiger partial charge is 1.00 e. The quantitative estimate of drug-likeness (QED) is 0.175. The van der Waals surface area contributed by atoms with E-state index in [-0.39, 0.29) is 67.5 Å². The molecule has 1 aliphatic heterocycles. The first kappa shape index (κ1) is 29.4. The van der Waals surface area contributed by atoms with Crippen LogP contribution < -0.4 is 59.4 Å². The normalized spacial score (nSPS) is 18.8. The van der Waals surface area contributed by atoms with E-state index in [1.165, 1.54) is 38.5 Å². The van der Waals surface area contributed by atoms with Crippen molar-refractivity contribution < 1.29 is 78.9 Å². The Morgan fingerprint density at radius 1 is 1.12 bits per heavy atom. The van der Waals surface area contributed by atoms with Crippen LogP contribution in [0, 0.1) is 0 Å². The molecule has 8 heteroatoms. The molecule has 0 bridgehead atoms. The molecule has 0 aromatic rings. The minimum Gasteiger partial charge on any atom is -1.00 e. The monoisotopic (exact) mass is 393 g/mol. The van der Waals surface area contributed by atoms with Crippen molar-refractivity contribution >= 4 is 11.8 Å². The van der Waals surface area contributed by atoms with Gasteiger partial charge >= 0.3 is 41.4 Å². The van der Waals surface area contributed by atoms with Crippen molar-refractivity contribution in [1.82, 2.24) is 0 Å². The Labute approximate surface area is 181 Å². The summed E-state index contributed by atoms with van der Waals surface area (Å²) in [5.74, 6) is 0.323. The number of hydrogen-bond donors (Lipinski definition) is 3. The summed E-state index contributed by atoms with van der Waals surface area (Å²) in [6.07, 6.45) is 9.76. The molecule has 1 atom stereocenters. The number of nitrogens with zero attached hydrogens (tertiary/aromatic N) is 1. The van der Waals surface area contributed by atoms with Crippen LogP contribution in [-0.2, 0) is 4.79 Å². The van der Waals surface area contributed by atoms with Crippen molar-refractivity contribution in [2.24, 2.45) is 0 Å². The van der Waals surface area contributed by atoms with Gasteiger partial charge in [-0.15, -0.1) is 0 Å². The van der Waals surface area contributed by atoms with E-state index < -0.39 is 5.97 Å². The average molecular weight is 394 g/mol. The van der Waals surface area contributed by atoms with E-state index in [1.54, 1.807) is 0 Å². The van der Waals surface area contributed by atoms with E-state index in [2.05, 4.69) is 11.9 Å². The Bertz CT molecular complexity index is 360. The first-order valence-corrected chi connectivity index (χ1v) is 8.43. The molecule has 138 valence electrons. The van der Waals surface area contributed by atoms with Gasteiger partial charge in [-0.25, -0.2) is 9.28 Å². The van der Waals surface area contributed by atoms with Crippen LogP contribution in [0.5, 0.6) is 0 Å². The topological polar surface area (TPSA) is 71.5 Å². The van der Waals surface area contributed by atoms with E-state index >= 15 is 0 Å². The van der Waals surface area contributed by atoms with Gasteiger partial charge in [-0.3, -0.25) is 0 Å². The number of carboxylic acids is 1. The number of carboxylic acid groups (broad SMARTS) is 1. The van der Waals surface area contributed by atoms with Gasteiger partial charge in [0.1, 0.15) is 13.1 Å². The Kier molecular flexibility index (Phi) is 20.9. The third kappa shape index (κ3) is 10.6. The maximum absolute atomic E-state index is 11.1. The standard InChI is InChI=1S/C16H30N2O3.2ClH.Na/c1-2-3-4-5-6-7-8-9-15-17-10-11-18(15,12-13-19)14-16(20)21;;;/h19H,2-14H2,1H3;2*1H;/q;;;+1. The first-order chi connectivity index (χ1) is 10.1. The molecule has 24 heavy (non-hydrogen) atoms. The second-order valence-corrected chi connectivity index (χ2v) is 6.11. The van der Waals surface area contributed by atoms with Gasteiger partial charge in [0.15, 0.2) is 13.1 Å². The van der Waals surface area contributed by atoms with Crippen LogP contribution in [0.1, 0.15) is 58.3 Å². The summed E-state index contributed by atoms with van der Waals surface area (Å²) in [7, 11) is 0. The maximum atomic E-state index is 11.1. The van der Waals surface area contributed by atoms with E-state index in [4.69, 9.17) is 5.11 Å². The predicted octanol–water partition coefficient (Wildman–Crippen LogP) is -8.47. The number of aliphatic carboxylic acids is 1. The Morgan fingerprint density at radius 2 is 1.71 bits per heavy atom. The summed E-state index contributed by atoms with van der Waals surface area (Å²) < 4.78 is 0.418. The van der Waals surface area contributed by atoms with E-state index in [9.17, 15) is 9.90 Å². The van der Waals surface area contributed by atoms with Crippen molar-refractivity contribution in [3.05, 3.63) is 0 Å². The summed E-state index contributed by atoms with van der Waals surface area (Å²) in [6, 6.07) is 0. The van der Waals surface area contributed by atoms with Crippen LogP contribution >= 0.6 is 0 Å². The van der Waals surface area contributed by atoms with Gasteiger partial charge in [0.2, 0.25) is 0 Å². The number of hydrogen-bond acceptors (Lipinski definition) is 2. The Balaban J connectivity index is -0.00000147. The third-order valence-electron chi connectivity index (χ3n) is 4.42. The van der Waals surface area contributed by atoms with Crippen LogP contribution in [0.15, 0.2) is 0 Å². The summed E-state index contributed by atoms with van der Waals surface area (Å²) in [5.41, 5.74) is 0. The minimum absolute atomic E-state index is 0. The zero-order valence-corrected chi connectivity index (χ0v) is 18.7. The van der Waals surface area contributed by atoms with E-state index in [1.807, 2.05) is 0 Å². The fraction of sp³-hybridized carbons (Fsp3) is 0.875. The number of halogens is 2. The Hall–Kier alpha value is 0.640. The summed E-state index contributed by atoms with van der Waals surface area (Å²) in [4.78, 5) is 14.5. The van der Waals surface area contributed by atoms with Gasteiger partial charge in [-0.2, -0.15) is 4.99 Å². The van der Waals surface area contributed by atoms with Gasteiger partial charge in [-0.1, -0.05) is 45.4 Å². The molecule has 0 aromatic heterocycles. The van der Waals surface area contributed by atoms with Crippen LogP contribution in [0.3, 0.4) is 0 Å². The number of carbonyl (C=O) groups is 1. The SMILES string of the molecule is CCCCCCCCCC1=[NH+]CC[N+]1(CCO)CC(=O)O.[Cl-].[Cl-].[Na+]. The molecule has 0 aromatic carbocycles. The fourth-order valence-electron chi connectivity index (χ4n) is 3.24. The molecule has 1 aliphatic rings. The van der Waals surface area contributed by atoms with Gasteiger partial charge in [0.25, 0.3) is 0 Å². The summed E-state index contributed by atoms with van der Waals surface area (Å²) in [6.45, 7) is 4.45. The summed E-state index contributed by atoms with van der Waals surface area (Å²) in [5, 5.41) is 18.4. The molecule has 1 unspecified atom stereocenters. The molecule has 5 nitrogen and oxygen atoms in total. The van der Waals surface area contributed by atoms with Crippen LogP contribution in [-0.4, -0.2) is 59.3 Å². The van der Waals surface area contributed by atoms with Crippen molar-refractivity contribution in [1.29, 1.82) is 0 Å². The molecule has 3 N–H and O–H groups in total. The van der Waals surface area contributed by atoms with Gasteiger partial charge < -0.3 is 35.0 Å². The smallest absolute Gasteiger partial charge is 1.00 e. The van der Waals surface area contributed by atoms with Crippen LogP contribution in [0.25, 0.3) is 0 Å². The molecule has 0 radical (unpaired) electrons. The average Bonchev–Trinajstić information content (AvgIpc) is 2.80. The first-order valence-electron chi connectivity index (χ1n) is 8.43. The molecule has 0 fully saturated rings. The molecular weight excluding hydrogens is 362 g/mol. The molecule has 0 saturated heterocycles. The predicted molar refractivity (Wildman–Crippen MR) is 83.0 cm³/mol. The molecule has 0 spiro atoms. The second kappa shape index (κ2) is 17.1.